The molecule has 22 heavy (non-hydrogen) atoms. The van der Waals surface area contributed by atoms with E-state index < -0.39 is 11.7 Å². The van der Waals surface area contributed by atoms with Gasteiger partial charge >= 0.3 is 6.18 Å². The lowest BCUT2D eigenvalue weighted by Crippen LogP contribution is -2.47. The van der Waals surface area contributed by atoms with Gasteiger partial charge in [-0.2, -0.15) is 13.2 Å². The molecule has 1 aromatic rings. The molecule has 1 saturated heterocycles. The lowest BCUT2D eigenvalue weighted by Gasteiger charge is -2.36. The average molecular weight is 317 g/mol. The molecule has 124 valence electrons. The SMILES string of the molecule is C[C@@H]1CN(CCN(C)c2ncccc2C(F)(F)F)C[C@H](C)O1. The highest BCUT2D eigenvalue weighted by atomic mass is 19.4. The molecule has 2 heterocycles. The molecule has 4 nitrogen and oxygen atoms in total. The molecule has 1 aliphatic heterocycles. The number of hydrogen-bond donors (Lipinski definition) is 0. The number of morpholine rings is 1. The maximum Gasteiger partial charge on any atom is 0.419 e. The third-order valence-electron chi connectivity index (χ3n) is 3.70. The third kappa shape index (κ3) is 4.33. The Labute approximate surface area is 128 Å². The Morgan fingerprint density at radius 2 is 1.95 bits per heavy atom. The van der Waals surface area contributed by atoms with E-state index in [1.165, 1.54) is 12.3 Å². The molecular formula is C15H22F3N3O. The van der Waals surface area contributed by atoms with E-state index in [2.05, 4.69) is 9.88 Å². The molecule has 7 heteroatoms. The van der Waals surface area contributed by atoms with E-state index in [4.69, 9.17) is 4.74 Å². The first-order chi connectivity index (χ1) is 10.3. The van der Waals surface area contributed by atoms with Gasteiger partial charge in [0.15, 0.2) is 0 Å². The molecule has 2 atom stereocenters. The number of hydrogen-bond acceptors (Lipinski definition) is 4. The summed E-state index contributed by atoms with van der Waals surface area (Å²) in [6.45, 7) is 6.78. The van der Waals surface area contributed by atoms with Gasteiger partial charge in [0.25, 0.3) is 0 Å². The summed E-state index contributed by atoms with van der Waals surface area (Å²) < 4.78 is 44.7. The number of alkyl halides is 3. The molecule has 0 aliphatic carbocycles. The van der Waals surface area contributed by atoms with E-state index in [0.29, 0.717) is 13.1 Å². The number of anilines is 1. The van der Waals surface area contributed by atoms with Crippen molar-refractivity contribution in [3.8, 4) is 0 Å². The van der Waals surface area contributed by atoms with Crippen LogP contribution in [0.15, 0.2) is 18.3 Å². The number of nitrogens with zero attached hydrogens (tertiary/aromatic N) is 3. The fourth-order valence-electron chi connectivity index (χ4n) is 2.79. The smallest absolute Gasteiger partial charge is 0.373 e. The summed E-state index contributed by atoms with van der Waals surface area (Å²) in [6, 6.07) is 2.38. The predicted molar refractivity (Wildman–Crippen MR) is 79.0 cm³/mol. The minimum absolute atomic E-state index is 0.0237. The molecule has 0 amide bonds. The van der Waals surface area contributed by atoms with Crippen LogP contribution >= 0.6 is 0 Å². The number of rotatable bonds is 4. The zero-order valence-corrected chi connectivity index (χ0v) is 13.1. The van der Waals surface area contributed by atoms with E-state index >= 15 is 0 Å². The van der Waals surface area contributed by atoms with Crippen molar-refractivity contribution in [3.63, 3.8) is 0 Å². The van der Waals surface area contributed by atoms with Gasteiger partial charge in [0, 0.05) is 39.4 Å². The molecule has 0 spiro atoms. The second-order valence-electron chi connectivity index (χ2n) is 5.81. The van der Waals surface area contributed by atoms with Crippen LogP contribution in [0.3, 0.4) is 0 Å². The van der Waals surface area contributed by atoms with Crippen molar-refractivity contribution in [1.82, 2.24) is 9.88 Å². The van der Waals surface area contributed by atoms with E-state index in [0.717, 1.165) is 19.2 Å². The van der Waals surface area contributed by atoms with E-state index in [9.17, 15) is 13.2 Å². The molecular weight excluding hydrogens is 295 g/mol. The molecule has 0 unspecified atom stereocenters. The van der Waals surface area contributed by atoms with Gasteiger partial charge in [-0.15, -0.1) is 0 Å². The second kappa shape index (κ2) is 6.83. The van der Waals surface area contributed by atoms with Gasteiger partial charge in [-0.05, 0) is 26.0 Å². The van der Waals surface area contributed by atoms with Crippen molar-refractivity contribution >= 4 is 5.82 Å². The maximum absolute atomic E-state index is 13.0. The molecule has 0 saturated carbocycles. The highest BCUT2D eigenvalue weighted by molar-refractivity contribution is 5.47. The van der Waals surface area contributed by atoms with Gasteiger partial charge in [0.1, 0.15) is 5.82 Å². The summed E-state index contributed by atoms with van der Waals surface area (Å²) in [4.78, 5) is 7.68. The summed E-state index contributed by atoms with van der Waals surface area (Å²) >= 11 is 0. The Morgan fingerprint density at radius 3 is 2.55 bits per heavy atom. The van der Waals surface area contributed by atoms with Gasteiger partial charge in [-0.1, -0.05) is 0 Å². The first-order valence-electron chi connectivity index (χ1n) is 7.38. The predicted octanol–water partition coefficient (Wildman–Crippen LogP) is 2.65. The normalized spacial score (nSPS) is 23.5. The monoisotopic (exact) mass is 317 g/mol. The maximum atomic E-state index is 13.0. The summed E-state index contributed by atoms with van der Waals surface area (Å²) in [5, 5.41) is 0. The van der Waals surface area contributed by atoms with Gasteiger partial charge in [0.05, 0.1) is 17.8 Å². The Bertz CT molecular complexity index is 485. The van der Waals surface area contributed by atoms with Crippen LogP contribution in [0, 0.1) is 0 Å². The highest BCUT2D eigenvalue weighted by Crippen LogP contribution is 2.34. The van der Waals surface area contributed by atoms with Crippen LogP contribution in [-0.2, 0) is 10.9 Å². The first kappa shape index (κ1) is 17.0. The highest BCUT2D eigenvalue weighted by Gasteiger charge is 2.35. The Hall–Kier alpha value is -1.34. The number of halogens is 3. The van der Waals surface area contributed by atoms with Gasteiger partial charge in [0.2, 0.25) is 0 Å². The molecule has 1 aromatic heterocycles. The summed E-state index contributed by atoms with van der Waals surface area (Å²) in [6.07, 6.45) is -2.70. The zero-order chi connectivity index (χ0) is 16.3. The van der Waals surface area contributed by atoms with Crippen molar-refractivity contribution < 1.29 is 17.9 Å². The van der Waals surface area contributed by atoms with Crippen LogP contribution < -0.4 is 4.90 Å². The summed E-state index contributed by atoms with van der Waals surface area (Å²) in [5.41, 5.74) is -0.693. The quantitative estimate of drug-likeness (QED) is 0.853. The average Bonchev–Trinajstić information content (AvgIpc) is 2.43. The van der Waals surface area contributed by atoms with Crippen LogP contribution in [0.5, 0.6) is 0 Å². The zero-order valence-electron chi connectivity index (χ0n) is 13.1. The van der Waals surface area contributed by atoms with Crippen molar-refractivity contribution in [2.24, 2.45) is 0 Å². The Morgan fingerprint density at radius 1 is 1.32 bits per heavy atom. The van der Waals surface area contributed by atoms with Gasteiger partial charge in [-0.25, -0.2) is 4.98 Å². The molecule has 0 N–H and O–H groups in total. The van der Waals surface area contributed by atoms with Gasteiger partial charge < -0.3 is 9.64 Å². The first-order valence-corrected chi connectivity index (χ1v) is 7.38. The number of ether oxygens (including phenoxy) is 1. The Balaban J connectivity index is 2.00. The van der Waals surface area contributed by atoms with E-state index in [-0.39, 0.29) is 18.0 Å². The van der Waals surface area contributed by atoms with Crippen LogP contribution in [0.25, 0.3) is 0 Å². The van der Waals surface area contributed by atoms with Crippen LogP contribution in [0.2, 0.25) is 0 Å². The molecule has 1 fully saturated rings. The summed E-state index contributed by atoms with van der Waals surface area (Å²) in [7, 11) is 1.64. The minimum Gasteiger partial charge on any atom is -0.373 e. The van der Waals surface area contributed by atoms with Crippen LogP contribution in [-0.4, -0.2) is 55.3 Å². The van der Waals surface area contributed by atoms with E-state index in [1.54, 1.807) is 11.9 Å². The second-order valence-corrected chi connectivity index (χ2v) is 5.81. The number of pyridine rings is 1. The van der Waals surface area contributed by atoms with E-state index in [1.807, 2.05) is 13.8 Å². The standard InChI is InChI=1S/C15H22F3N3O/c1-11-9-21(10-12(2)22-11)8-7-20(3)14-13(15(16,17)18)5-4-6-19-14/h4-6,11-12H,7-10H2,1-3H3/t11-,12+. The molecule has 2 rings (SSSR count). The van der Waals surface area contributed by atoms with Crippen molar-refractivity contribution in [2.45, 2.75) is 32.2 Å². The Kier molecular flexibility index (Phi) is 5.28. The van der Waals surface area contributed by atoms with Crippen molar-refractivity contribution in [1.29, 1.82) is 0 Å². The largest absolute Gasteiger partial charge is 0.419 e. The summed E-state index contributed by atoms with van der Waals surface area (Å²) in [5.74, 6) is -0.0237. The molecule has 0 radical (unpaired) electrons. The molecule has 0 aromatic carbocycles. The molecule has 1 aliphatic rings. The lowest BCUT2D eigenvalue weighted by atomic mass is 10.2. The van der Waals surface area contributed by atoms with Crippen LogP contribution in [0.1, 0.15) is 19.4 Å². The third-order valence-corrected chi connectivity index (χ3v) is 3.70. The number of aromatic nitrogens is 1. The fourth-order valence-corrected chi connectivity index (χ4v) is 2.79. The van der Waals surface area contributed by atoms with Crippen molar-refractivity contribution in [3.05, 3.63) is 23.9 Å². The van der Waals surface area contributed by atoms with Crippen molar-refractivity contribution in [2.75, 3.05) is 38.1 Å². The van der Waals surface area contributed by atoms with Crippen LogP contribution in [0.4, 0.5) is 19.0 Å². The fraction of sp³-hybridized carbons (Fsp3) is 0.667. The topological polar surface area (TPSA) is 28.6 Å². The lowest BCUT2D eigenvalue weighted by molar-refractivity contribution is -0.137. The molecule has 0 bridgehead atoms. The minimum atomic E-state index is -4.39. The number of likely N-dealkylation sites (N-methyl/N-ethyl adjacent to an activating group) is 1. The van der Waals surface area contributed by atoms with Gasteiger partial charge in [-0.3, -0.25) is 4.90 Å².